The van der Waals surface area contributed by atoms with Crippen LogP contribution >= 0.6 is 0 Å². The van der Waals surface area contributed by atoms with E-state index < -0.39 is 0 Å². The molecule has 0 amide bonds. The fourth-order valence-corrected chi connectivity index (χ4v) is 2.53. The first kappa shape index (κ1) is 14.0. The molecule has 0 saturated carbocycles. The monoisotopic (exact) mass is 264 g/mol. The Kier molecular flexibility index (Phi) is 4.91. The first-order valence-electron chi connectivity index (χ1n) is 7.04. The van der Waals surface area contributed by atoms with E-state index in [2.05, 4.69) is 11.8 Å². The normalized spacial score (nSPS) is 19.5. The molecule has 0 spiro atoms. The number of hydrogen-bond donors (Lipinski definition) is 1. The van der Waals surface area contributed by atoms with E-state index in [4.69, 9.17) is 15.2 Å². The number of nitrogens with zero attached hydrogens (tertiary/aromatic N) is 1. The van der Waals surface area contributed by atoms with Crippen LogP contribution in [0.4, 0.5) is 11.4 Å². The fourth-order valence-electron chi connectivity index (χ4n) is 2.53. The zero-order chi connectivity index (χ0) is 13.7. The third-order valence-corrected chi connectivity index (χ3v) is 3.51. The summed E-state index contributed by atoms with van der Waals surface area (Å²) in [5.74, 6) is 0.803. The number of benzene rings is 1. The molecule has 1 aromatic carbocycles. The molecule has 1 heterocycles. The molecule has 1 aliphatic rings. The van der Waals surface area contributed by atoms with Crippen LogP contribution in [0, 0.1) is 0 Å². The van der Waals surface area contributed by atoms with Crippen LogP contribution in [0.1, 0.15) is 26.2 Å². The van der Waals surface area contributed by atoms with Crippen LogP contribution in [0.15, 0.2) is 18.2 Å². The zero-order valence-corrected chi connectivity index (χ0v) is 11.9. The van der Waals surface area contributed by atoms with Gasteiger partial charge in [0, 0.05) is 25.8 Å². The maximum Gasteiger partial charge on any atom is 0.121 e. The van der Waals surface area contributed by atoms with Crippen molar-refractivity contribution in [3.8, 4) is 5.75 Å². The fraction of sp³-hybridized carbons (Fsp3) is 0.600. The molecule has 1 atom stereocenters. The second-order valence-corrected chi connectivity index (χ2v) is 5.01. The van der Waals surface area contributed by atoms with Crippen LogP contribution in [0.2, 0.25) is 0 Å². The molecule has 1 aromatic rings. The van der Waals surface area contributed by atoms with E-state index in [1.165, 1.54) is 0 Å². The minimum absolute atomic E-state index is 0.329. The summed E-state index contributed by atoms with van der Waals surface area (Å²) in [4.78, 5) is 2.32. The quantitative estimate of drug-likeness (QED) is 0.831. The molecule has 1 saturated heterocycles. The van der Waals surface area contributed by atoms with Gasteiger partial charge in [0.1, 0.15) is 5.75 Å². The third kappa shape index (κ3) is 3.53. The molecule has 0 bridgehead atoms. The smallest absolute Gasteiger partial charge is 0.121 e. The maximum absolute atomic E-state index is 6.11. The second kappa shape index (κ2) is 6.66. The maximum atomic E-state index is 6.11. The van der Waals surface area contributed by atoms with E-state index in [9.17, 15) is 0 Å². The largest absolute Gasteiger partial charge is 0.497 e. The highest BCUT2D eigenvalue weighted by molar-refractivity contribution is 5.69. The standard InChI is InChI=1S/C15H24N2O2/c1-3-9-19-13-5-4-8-17(11-13)15-7-6-12(18-2)10-14(15)16/h6-7,10,13H,3-5,8-9,11,16H2,1-2H3. The van der Waals surface area contributed by atoms with Crippen molar-refractivity contribution in [3.05, 3.63) is 18.2 Å². The van der Waals surface area contributed by atoms with Crippen molar-refractivity contribution in [1.82, 2.24) is 0 Å². The van der Waals surface area contributed by atoms with E-state index in [-0.39, 0.29) is 0 Å². The predicted octanol–water partition coefficient (Wildman–Crippen LogP) is 2.67. The third-order valence-electron chi connectivity index (χ3n) is 3.51. The van der Waals surface area contributed by atoms with E-state index in [1.54, 1.807) is 7.11 Å². The number of rotatable bonds is 5. The minimum Gasteiger partial charge on any atom is -0.497 e. The van der Waals surface area contributed by atoms with Crippen molar-refractivity contribution < 1.29 is 9.47 Å². The van der Waals surface area contributed by atoms with Gasteiger partial charge in [0.2, 0.25) is 0 Å². The Hall–Kier alpha value is -1.42. The molecule has 2 N–H and O–H groups in total. The molecule has 19 heavy (non-hydrogen) atoms. The predicted molar refractivity (Wildman–Crippen MR) is 78.9 cm³/mol. The number of ether oxygens (including phenoxy) is 2. The van der Waals surface area contributed by atoms with Gasteiger partial charge in [-0.2, -0.15) is 0 Å². The number of hydrogen-bond acceptors (Lipinski definition) is 4. The number of nitrogen functional groups attached to an aromatic ring is 1. The van der Waals surface area contributed by atoms with Crippen LogP contribution in [0.25, 0.3) is 0 Å². The summed E-state index contributed by atoms with van der Waals surface area (Å²) in [5, 5.41) is 0. The molecule has 1 aliphatic heterocycles. The highest BCUT2D eigenvalue weighted by Crippen LogP contribution is 2.30. The van der Waals surface area contributed by atoms with Crippen LogP contribution in [-0.2, 0) is 4.74 Å². The highest BCUT2D eigenvalue weighted by atomic mass is 16.5. The van der Waals surface area contributed by atoms with Gasteiger partial charge < -0.3 is 20.1 Å². The van der Waals surface area contributed by atoms with Crippen molar-refractivity contribution in [2.24, 2.45) is 0 Å². The van der Waals surface area contributed by atoms with Gasteiger partial charge in [0.25, 0.3) is 0 Å². The first-order chi connectivity index (χ1) is 9.24. The van der Waals surface area contributed by atoms with E-state index in [1.807, 2.05) is 18.2 Å². The number of anilines is 2. The lowest BCUT2D eigenvalue weighted by molar-refractivity contribution is 0.0441. The Morgan fingerprint density at radius 2 is 2.26 bits per heavy atom. The summed E-state index contributed by atoms with van der Waals surface area (Å²) in [7, 11) is 1.66. The average Bonchev–Trinajstić information content (AvgIpc) is 2.45. The summed E-state index contributed by atoms with van der Waals surface area (Å²) < 4.78 is 11.0. The van der Waals surface area contributed by atoms with E-state index in [0.717, 1.165) is 56.1 Å². The second-order valence-electron chi connectivity index (χ2n) is 5.01. The molecule has 2 rings (SSSR count). The lowest BCUT2D eigenvalue weighted by atomic mass is 10.1. The zero-order valence-electron chi connectivity index (χ0n) is 11.9. The molecule has 0 aliphatic carbocycles. The Bertz CT molecular complexity index is 409. The van der Waals surface area contributed by atoms with Gasteiger partial charge in [-0.05, 0) is 31.4 Å². The highest BCUT2D eigenvalue weighted by Gasteiger charge is 2.21. The minimum atomic E-state index is 0.329. The first-order valence-corrected chi connectivity index (χ1v) is 7.04. The van der Waals surface area contributed by atoms with Gasteiger partial charge in [-0.25, -0.2) is 0 Å². The van der Waals surface area contributed by atoms with Gasteiger partial charge in [-0.15, -0.1) is 0 Å². The number of methoxy groups -OCH3 is 1. The van der Waals surface area contributed by atoms with Gasteiger partial charge >= 0.3 is 0 Å². The lowest BCUT2D eigenvalue weighted by Gasteiger charge is -2.35. The number of nitrogens with two attached hydrogens (primary N) is 1. The Labute approximate surface area is 115 Å². The van der Waals surface area contributed by atoms with Crippen molar-refractivity contribution >= 4 is 11.4 Å². The van der Waals surface area contributed by atoms with Crippen LogP contribution in [-0.4, -0.2) is 32.9 Å². The molecule has 106 valence electrons. The van der Waals surface area contributed by atoms with Gasteiger partial charge in [-0.1, -0.05) is 6.92 Å². The number of piperidine rings is 1. The summed E-state index contributed by atoms with van der Waals surface area (Å²) in [6.07, 6.45) is 3.70. The Balaban J connectivity index is 2.04. The van der Waals surface area contributed by atoms with Crippen LogP contribution < -0.4 is 15.4 Å². The summed E-state index contributed by atoms with van der Waals surface area (Å²) in [6.45, 7) is 4.96. The molecule has 4 heteroatoms. The van der Waals surface area contributed by atoms with E-state index >= 15 is 0 Å². The van der Waals surface area contributed by atoms with Gasteiger partial charge in [0.05, 0.1) is 24.6 Å². The van der Waals surface area contributed by atoms with Gasteiger partial charge in [0.15, 0.2) is 0 Å². The van der Waals surface area contributed by atoms with Crippen molar-refractivity contribution in [3.63, 3.8) is 0 Å². The summed E-state index contributed by atoms with van der Waals surface area (Å²) in [5.41, 5.74) is 7.97. The molecule has 0 radical (unpaired) electrons. The molecular weight excluding hydrogens is 240 g/mol. The molecule has 1 unspecified atom stereocenters. The average molecular weight is 264 g/mol. The van der Waals surface area contributed by atoms with Crippen molar-refractivity contribution in [2.45, 2.75) is 32.3 Å². The molecule has 4 nitrogen and oxygen atoms in total. The topological polar surface area (TPSA) is 47.7 Å². The molecule has 0 aromatic heterocycles. The lowest BCUT2D eigenvalue weighted by Crippen LogP contribution is -2.40. The Morgan fingerprint density at radius 3 is 2.95 bits per heavy atom. The van der Waals surface area contributed by atoms with Crippen LogP contribution in [0.5, 0.6) is 5.75 Å². The SMILES string of the molecule is CCCOC1CCCN(c2ccc(OC)cc2N)C1. The van der Waals surface area contributed by atoms with E-state index in [0.29, 0.717) is 6.10 Å². The van der Waals surface area contributed by atoms with Crippen molar-refractivity contribution in [2.75, 3.05) is 37.4 Å². The molecular formula is C15H24N2O2. The van der Waals surface area contributed by atoms with Gasteiger partial charge in [-0.3, -0.25) is 0 Å². The molecule has 1 fully saturated rings. The Morgan fingerprint density at radius 1 is 1.42 bits per heavy atom. The summed E-state index contributed by atoms with van der Waals surface area (Å²) in [6, 6.07) is 5.88. The summed E-state index contributed by atoms with van der Waals surface area (Å²) >= 11 is 0. The van der Waals surface area contributed by atoms with Crippen LogP contribution in [0.3, 0.4) is 0 Å². The van der Waals surface area contributed by atoms with Crippen molar-refractivity contribution in [1.29, 1.82) is 0 Å².